The zero-order valence-electron chi connectivity index (χ0n) is 19.8. The Kier molecular flexibility index (Phi) is 5.37. The van der Waals surface area contributed by atoms with E-state index in [-0.39, 0.29) is 11.4 Å². The Bertz CT molecular complexity index is 1450. The van der Waals surface area contributed by atoms with Crippen molar-refractivity contribution in [1.29, 1.82) is 5.41 Å². The number of nitrogens with one attached hydrogen (secondary N) is 1. The Labute approximate surface area is 203 Å². The number of rotatable bonds is 3. The third-order valence-electron chi connectivity index (χ3n) is 6.06. The minimum atomic E-state index is -0.416. The summed E-state index contributed by atoms with van der Waals surface area (Å²) in [6.45, 7) is 10.3. The predicted molar refractivity (Wildman–Crippen MR) is 140 cm³/mol. The quantitative estimate of drug-likeness (QED) is 0.503. The van der Waals surface area contributed by atoms with E-state index in [1.165, 1.54) is 27.9 Å². The molecule has 5 rings (SSSR count). The summed E-state index contributed by atoms with van der Waals surface area (Å²) in [4.78, 5) is 17.2. The fourth-order valence-electron chi connectivity index (χ4n) is 4.48. The van der Waals surface area contributed by atoms with Crippen molar-refractivity contribution in [2.45, 2.75) is 34.6 Å². The van der Waals surface area contributed by atoms with Crippen LogP contribution in [0.3, 0.4) is 0 Å². The summed E-state index contributed by atoms with van der Waals surface area (Å²) in [5.41, 5.74) is 8.73. The summed E-state index contributed by atoms with van der Waals surface area (Å²) < 4.78 is 2.18. The van der Waals surface area contributed by atoms with E-state index in [0.29, 0.717) is 5.17 Å². The fraction of sp³-hybridized carbons (Fsp3) is 0.185. The molecule has 7 heteroatoms. The molecule has 170 valence electrons. The van der Waals surface area contributed by atoms with Crippen LogP contribution in [0.1, 0.15) is 39.2 Å². The van der Waals surface area contributed by atoms with Crippen LogP contribution in [0.2, 0.25) is 0 Å². The first-order valence-corrected chi connectivity index (χ1v) is 11.9. The van der Waals surface area contributed by atoms with Crippen molar-refractivity contribution >= 4 is 39.8 Å². The van der Waals surface area contributed by atoms with Gasteiger partial charge in [0, 0.05) is 22.6 Å². The second kappa shape index (κ2) is 8.25. The van der Waals surface area contributed by atoms with Crippen LogP contribution < -0.4 is 0 Å². The first-order valence-electron chi connectivity index (χ1n) is 11.1. The molecule has 1 aromatic heterocycles. The van der Waals surface area contributed by atoms with E-state index in [4.69, 9.17) is 5.41 Å². The topological polar surface area (TPSA) is 73.8 Å². The van der Waals surface area contributed by atoms with Crippen molar-refractivity contribution in [1.82, 2.24) is 9.58 Å². The lowest BCUT2D eigenvalue weighted by atomic mass is 10.1. The molecule has 2 aliphatic heterocycles. The Morgan fingerprint density at radius 1 is 0.971 bits per heavy atom. The van der Waals surface area contributed by atoms with E-state index in [1.54, 1.807) is 6.08 Å². The first-order chi connectivity index (χ1) is 16.2. The number of aliphatic imine (C=N–C) groups is 1. The van der Waals surface area contributed by atoms with Gasteiger partial charge < -0.3 is 4.57 Å². The smallest absolute Gasteiger partial charge is 0.283 e. The van der Waals surface area contributed by atoms with Gasteiger partial charge in [-0.25, -0.2) is 0 Å². The zero-order valence-corrected chi connectivity index (χ0v) is 20.6. The maximum Gasteiger partial charge on any atom is 0.283 e. The number of hydrazone groups is 1. The van der Waals surface area contributed by atoms with Crippen LogP contribution in [-0.4, -0.2) is 31.5 Å². The molecule has 2 aliphatic rings. The van der Waals surface area contributed by atoms with Gasteiger partial charge in [-0.15, -0.1) is 0 Å². The van der Waals surface area contributed by atoms with Gasteiger partial charge in [0.1, 0.15) is 5.04 Å². The number of aromatic nitrogens is 1. The minimum absolute atomic E-state index is 0.0438. The normalized spacial score (nSPS) is 16.7. The number of benzene rings is 2. The molecule has 6 nitrogen and oxygen atoms in total. The Hall–Kier alpha value is -3.71. The zero-order chi connectivity index (χ0) is 24.1. The summed E-state index contributed by atoms with van der Waals surface area (Å²) >= 11 is 1.32. The number of amides is 1. The Morgan fingerprint density at radius 3 is 2.38 bits per heavy atom. The molecule has 0 saturated carbocycles. The number of fused-ring (bicyclic) bond motifs is 1. The van der Waals surface area contributed by atoms with E-state index in [0.717, 1.165) is 38.8 Å². The molecule has 3 aromatic rings. The molecule has 0 radical (unpaired) electrons. The van der Waals surface area contributed by atoms with Gasteiger partial charge in [-0.05, 0) is 92.9 Å². The van der Waals surface area contributed by atoms with E-state index < -0.39 is 5.91 Å². The summed E-state index contributed by atoms with van der Waals surface area (Å²) in [5, 5.41) is 16.0. The van der Waals surface area contributed by atoms with Gasteiger partial charge in [-0.1, -0.05) is 30.3 Å². The molecule has 0 unspecified atom stereocenters. The Morgan fingerprint density at radius 2 is 1.68 bits per heavy atom. The van der Waals surface area contributed by atoms with Crippen LogP contribution in [0.4, 0.5) is 0 Å². The maximum absolute atomic E-state index is 12.9. The highest BCUT2D eigenvalue weighted by molar-refractivity contribution is 8.27. The second-order valence-electron chi connectivity index (χ2n) is 8.75. The predicted octanol–water partition coefficient (Wildman–Crippen LogP) is 5.69. The number of hydrogen-bond acceptors (Lipinski definition) is 4. The molecule has 3 heterocycles. The molecule has 1 N–H and O–H groups in total. The summed E-state index contributed by atoms with van der Waals surface area (Å²) in [6, 6.07) is 16.4. The van der Waals surface area contributed by atoms with Gasteiger partial charge in [0.05, 0.1) is 5.57 Å². The maximum atomic E-state index is 12.9. The second-order valence-corrected chi connectivity index (χ2v) is 9.70. The minimum Gasteiger partial charge on any atom is -0.318 e. The van der Waals surface area contributed by atoms with Crippen molar-refractivity contribution in [3.05, 3.63) is 93.3 Å². The van der Waals surface area contributed by atoms with Gasteiger partial charge in [-0.2, -0.15) is 15.1 Å². The number of amidine groups is 2. The van der Waals surface area contributed by atoms with Crippen LogP contribution in [0, 0.1) is 40.0 Å². The van der Waals surface area contributed by atoms with Crippen molar-refractivity contribution in [2.75, 3.05) is 0 Å². The lowest BCUT2D eigenvalue weighted by Crippen LogP contribution is -2.35. The van der Waals surface area contributed by atoms with Gasteiger partial charge in [-0.3, -0.25) is 10.2 Å². The van der Waals surface area contributed by atoms with Gasteiger partial charge in [0.25, 0.3) is 5.91 Å². The number of aryl methyl sites for hydroxylation is 4. The monoisotopic (exact) mass is 467 g/mol. The van der Waals surface area contributed by atoms with Gasteiger partial charge in [0.2, 0.25) is 5.17 Å². The summed E-state index contributed by atoms with van der Waals surface area (Å²) in [5.74, 6) is -0.372. The number of carbonyl (C=O) groups is 1. The molecular weight excluding hydrogens is 442 g/mol. The highest BCUT2D eigenvalue weighted by atomic mass is 32.2. The fourth-order valence-corrected chi connectivity index (χ4v) is 5.46. The molecular formula is C27H25N5OS. The lowest BCUT2D eigenvalue weighted by Gasteiger charge is -2.20. The van der Waals surface area contributed by atoms with Gasteiger partial charge >= 0.3 is 0 Å². The van der Waals surface area contributed by atoms with Crippen molar-refractivity contribution < 1.29 is 4.79 Å². The molecule has 34 heavy (non-hydrogen) atoms. The van der Waals surface area contributed by atoms with Crippen LogP contribution in [0.5, 0.6) is 0 Å². The Balaban J connectivity index is 1.53. The van der Waals surface area contributed by atoms with Crippen LogP contribution in [-0.2, 0) is 4.79 Å². The number of nitrogens with zero attached hydrogens (tertiary/aromatic N) is 4. The highest BCUT2D eigenvalue weighted by Gasteiger charge is 2.36. The van der Waals surface area contributed by atoms with E-state index >= 15 is 0 Å². The van der Waals surface area contributed by atoms with Crippen molar-refractivity contribution in [2.24, 2.45) is 10.1 Å². The van der Waals surface area contributed by atoms with E-state index in [9.17, 15) is 4.79 Å². The average Bonchev–Trinajstić information content (AvgIpc) is 3.31. The van der Waals surface area contributed by atoms with Crippen LogP contribution in [0.25, 0.3) is 11.8 Å². The number of carbonyl (C=O) groups excluding carboxylic acids is 1. The van der Waals surface area contributed by atoms with Crippen molar-refractivity contribution in [3.8, 4) is 5.69 Å². The molecule has 0 saturated heterocycles. The van der Waals surface area contributed by atoms with E-state index in [1.807, 2.05) is 51.1 Å². The van der Waals surface area contributed by atoms with Crippen LogP contribution in [0.15, 0.2) is 64.2 Å². The molecule has 0 bridgehead atoms. The molecule has 0 spiro atoms. The first kappa shape index (κ1) is 22.1. The molecule has 0 fully saturated rings. The third-order valence-corrected chi connectivity index (χ3v) is 7.01. The highest BCUT2D eigenvalue weighted by Crippen LogP contribution is 2.32. The molecule has 2 aromatic carbocycles. The number of hydrogen-bond donors (Lipinski definition) is 1. The van der Waals surface area contributed by atoms with Crippen LogP contribution >= 0.6 is 11.8 Å². The van der Waals surface area contributed by atoms with Crippen molar-refractivity contribution in [3.63, 3.8) is 0 Å². The summed E-state index contributed by atoms with van der Waals surface area (Å²) in [6.07, 6.45) is 1.76. The third kappa shape index (κ3) is 3.72. The molecule has 0 atom stereocenters. The lowest BCUT2D eigenvalue weighted by molar-refractivity contribution is -0.114. The average molecular weight is 468 g/mol. The van der Waals surface area contributed by atoms with Gasteiger partial charge in [0.15, 0.2) is 5.84 Å². The largest absolute Gasteiger partial charge is 0.318 e. The standard InChI is InChI=1S/C27H25N5OS/c1-15-10-16(2)12-21(11-15)31-18(4)13-20(19(31)5)14-23-24(28)32-27(29-25(23)33)34-26(30-32)22-9-7-6-8-17(22)3/h6-14,28H,1-5H3/b23-14-,28-24?. The number of thioether (sulfide) groups is 1. The van der Waals surface area contributed by atoms with E-state index in [2.05, 4.69) is 46.7 Å². The SMILES string of the molecule is Cc1cc(C)cc(-n2c(C)cc(/C=C3/C(=N)N4N=C(c5ccccc5C)SC4=NC3=O)c2C)c1. The summed E-state index contributed by atoms with van der Waals surface area (Å²) in [7, 11) is 0. The molecule has 0 aliphatic carbocycles. The molecule has 1 amide bonds.